The fraction of sp³-hybridized carbons (Fsp3) is 0.611. The molecular formula is C18H30ClN5. The molecule has 0 spiro atoms. The third-order valence-electron chi connectivity index (χ3n) is 4.16. The fourth-order valence-electron chi connectivity index (χ4n) is 2.91. The van der Waals surface area contributed by atoms with Crippen molar-refractivity contribution in [3.05, 3.63) is 29.3 Å². The molecule has 134 valence electrons. The van der Waals surface area contributed by atoms with Crippen LogP contribution in [0.2, 0.25) is 5.02 Å². The van der Waals surface area contributed by atoms with Gasteiger partial charge in [0.25, 0.3) is 0 Å². The van der Waals surface area contributed by atoms with Crippen LogP contribution >= 0.6 is 11.6 Å². The second-order valence-electron chi connectivity index (χ2n) is 5.92. The van der Waals surface area contributed by atoms with Gasteiger partial charge in [0.05, 0.1) is 10.7 Å². The van der Waals surface area contributed by atoms with Gasteiger partial charge in [-0.3, -0.25) is 9.89 Å². The molecule has 2 rings (SSSR count). The molecule has 1 saturated heterocycles. The number of nitrogens with zero attached hydrogens (tertiary/aromatic N) is 3. The van der Waals surface area contributed by atoms with Gasteiger partial charge < -0.3 is 15.5 Å². The van der Waals surface area contributed by atoms with Crippen molar-refractivity contribution in [1.82, 2.24) is 15.5 Å². The van der Waals surface area contributed by atoms with Gasteiger partial charge in [0, 0.05) is 52.4 Å². The van der Waals surface area contributed by atoms with E-state index in [2.05, 4.69) is 51.4 Å². The van der Waals surface area contributed by atoms with Gasteiger partial charge in [0.2, 0.25) is 0 Å². The number of anilines is 1. The van der Waals surface area contributed by atoms with Crippen molar-refractivity contribution < 1.29 is 0 Å². The molecular weight excluding hydrogens is 322 g/mol. The minimum atomic E-state index is 0.847. The summed E-state index contributed by atoms with van der Waals surface area (Å²) in [7, 11) is 0. The molecule has 0 bridgehead atoms. The van der Waals surface area contributed by atoms with Gasteiger partial charge in [-0.05, 0) is 32.4 Å². The number of nitrogens with one attached hydrogen (secondary N) is 2. The van der Waals surface area contributed by atoms with Gasteiger partial charge in [0.1, 0.15) is 0 Å². The Bertz CT molecular complexity index is 504. The molecule has 24 heavy (non-hydrogen) atoms. The summed E-state index contributed by atoms with van der Waals surface area (Å²) in [4.78, 5) is 9.50. The molecule has 0 aromatic heterocycles. The SMILES string of the molecule is CCNC(=NCCCN1CCN(c2ccccc2Cl)CC1)NCC. The largest absolute Gasteiger partial charge is 0.368 e. The molecule has 5 nitrogen and oxygen atoms in total. The Balaban J connectivity index is 1.70. The summed E-state index contributed by atoms with van der Waals surface area (Å²) in [6.45, 7) is 12.2. The van der Waals surface area contributed by atoms with E-state index in [4.69, 9.17) is 11.6 Å². The lowest BCUT2D eigenvalue weighted by Crippen LogP contribution is -2.46. The highest BCUT2D eigenvalue weighted by Gasteiger charge is 2.18. The summed E-state index contributed by atoms with van der Waals surface area (Å²) >= 11 is 6.30. The Morgan fingerprint density at radius 3 is 2.38 bits per heavy atom. The van der Waals surface area contributed by atoms with Gasteiger partial charge in [0.15, 0.2) is 5.96 Å². The van der Waals surface area contributed by atoms with Crippen molar-refractivity contribution in [3.63, 3.8) is 0 Å². The molecule has 0 saturated carbocycles. The Morgan fingerprint density at radius 2 is 1.75 bits per heavy atom. The zero-order valence-corrected chi connectivity index (χ0v) is 15.6. The first kappa shape index (κ1) is 18.9. The second-order valence-corrected chi connectivity index (χ2v) is 6.33. The average Bonchev–Trinajstić information content (AvgIpc) is 2.60. The monoisotopic (exact) mass is 351 g/mol. The maximum atomic E-state index is 6.30. The van der Waals surface area contributed by atoms with Crippen LogP contribution in [0.3, 0.4) is 0 Å². The van der Waals surface area contributed by atoms with Crippen molar-refractivity contribution in [2.24, 2.45) is 4.99 Å². The zero-order chi connectivity index (χ0) is 17.2. The number of hydrogen-bond donors (Lipinski definition) is 2. The summed E-state index contributed by atoms with van der Waals surface area (Å²) < 4.78 is 0. The number of guanidine groups is 1. The highest BCUT2D eigenvalue weighted by atomic mass is 35.5. The van der Waals surface area contributed by atoms with E-state index in [1.807, 2.05) is 12.1 Å². The van der Waals surface area contributed by atoms with Crippen LogP contribution < -0.4 is 15.5 Å². The van der Waals surface area contributed by atoms with Crippen LogP contribution in [0.25, 0.3) is 0 Å². The highest BCUT2D eigenvalue weighted by molar-refractivity contribution is 6.33. The topological polar surface area (TPSA) is 42.9 Å². The van der Waals surface area contributed by atoms with Crippen LogP contribution in [0.4, 0.5) is 5.69 Å². The molecule has 1 fully saturated rings. The van der Waals surface area contributed by atoms with E-state index in [1.165, 1.54) is 0 Å². The number of halogens is 1. The van der Waals surface area contributed by atoms with Gasteiger partial charge >= 0.3 is 0 Å². The van der Waals surface area contributed by atoms with Gasteiger partial charge in [-0.2, -0.15) is 0 Å². The number of piperazine rings is 1. The Labute approximate surface area is 151 Å². The molecule has 6 heteroatoms. The maximum absolute atomic E-state index is 6.30. The standard InChI is InChI=1S/C18H30ClN5/c1-3-20-18(21-4-2)22-10-7-11-23-12-14-24(15-13-23)17-9-6-5-8-16(17)19/h5-6,8-9H,3-4,7,10-15H2,1-2H3,(H2,20,21,22). The Morgan fingerprint density at radius 1 is 1.08 bits per heavy atom. The van der Waals surface area contributed by atoms with Crippen LogP contribution in [-0.2, 0) is 0 Å². The van der Waals surface area contributed by atoms with E-state index < -0.39 is 0 Å². The summed E-state index contributed by atoms with van der Waals surface area (Å²) in [5.74, 6) is 0.920. The molecule has 0 atom stereocenters. The number of para-hydroxylation sites is 1. The van der Waals surface area contributed by atoms with Crippen LogP contribution in [0.15, 0.2) is 29.3 Å². The lowest BCUT2D eigenvalue weighted by molar-refractivity contribution is 0.256. The minimum absolute atomic E-state index is 0.847. The van der Waals surface area contributed by atoms with Crippen molar-refractivity contribution in [1.29, 1.82) is 0 Å². The first-order chi connectivity index (χ1) is 11.7. The fourth-order valence-corrected chi connectivity index (χ4v) is 3.17. The predicted molar refractivity (Wildman–Crippen MR) is 104 cm³/mol. The number of hydrogen-bond acceptors (Lipinski definition) is 3. The molecule has 0 aliphatic carbocycles. The summed E-state index contributed by atoms with van der Waals surface area (Å²) in [6, 6.07) is 8.11. The Hall–Kier alpha value is -1.46. The number of rotatable bonds is 7. The second kappa shape index (κ2) is 10.4. The number of benzene rings is 1. The molecule has 0 radical (unpaired) electrons. The highest BCUT2D eigenvalue weighted by Crippen LogP contribution is 2.25. The summed E-state index contributed by atoms with van der Waals surface area (Å²) in [5, 5.41) is 7.36. The van der Waals surface area contributed by atoms with Gasteiger partial charge in [-0.25, -0.2) is 0 Å². The molecule has 1 aromatic carbocycles. The van der Waals surface area contributed by atoms with E-state index in [1.54, 1.807) is 0 Å². The van der Waals surface area contributed by atoms with E-state index in [9.17, 15) is 0 Å². The molecule has 1 aliphatic rings. The van der Waals surface area contributed by atoms with Crippen molar-refractivity contribution in [3.8, 4) is 0 Å². The van der Waals surface area contributed by atoms with Crippen molar-refractivity contribution in [2.75, 3.05) is 57.3 Å². The minimum Gasteiger partial charge on any atom is -0.368 e. The van der Waals surface area contributed by atoms with E-state index in [-0.39, 0.29) is 0 Å². The molecule has 1 aliphatic heterocycles. The third kappa shape index (κ3) is 5.87. The summed E-state index contributed by atoms with van der Waals surface area (Å²) in [6.07, 6.45) is 1.09. The van der Waals surface area contributed by atoms with Crippen LogP contribution in [-0.4, -0.2) is 63.2 Å². The molecule has 0 amide bonds. The first-order valence-corrected chi connectivity index (χ1v) is 9.36. The predicted octanol–water partition coefficient (Wildman–Crippen LogP) is 2.43. The summed E-state index contributed by atoms with van der Waals surface area (Å²) in [5.41, 5.74) is 1.16. The van der Waals surface area contributed by atoms with Crippen LogP contribution in [0.1, 0.15) is 20.3 Å². The lowest BCUT2D eigenvalue weighted by Gasteiger charge is -2.36. The van der Waals surface area contributed by atoms with Crippen molar-refractivity contribution in [2.45, 2.75) is 20.3 Å². The third-order valence-corrected chi connectivity index (χ3v) is 4.48. The van der Waals surface area contributed by atoms with Gasteiger partial charge in [-0.1, -0.05) is 23.7 Å². The zero-order valence-electron chi connectivity index (χ0n) is 14.9. The average molecular weight is 352 g/mol. The van der Waals surface area contributed by atoms with E-state index in [0.717, 1.165) is 75.4 Å². The molecule has 0 unspecified atom stereocenters. The van der Waals surface area contributed by atoms with Gasteiger partial charge in [-0.15, -0.1) is 0 Å². The molecule has 1 aromatic rings. The van der Waals surface area contributed by atoms with E-state index >= 15 is 0 Å². The van der Waals surface area contributed by atoms with E-state index in [0.29, 0.717) is 0 Å². The maximum Gasteiger partial charge on any atom is 0.191 e. The first-order valence-electron chi connectivity index (χ1n) is 8.98. The van der Waals surface area contributed by atoms with Crippen molar-refractivity contribution >= 4 is 23.2 Å². The molecule has 2 N–H and O–H groups in total. The van der Waals surface area contributed by atoms with Crippen LogP contribution in [0.5, 0.6) is 0 Å². The Kier molecular flexibility index (Phi) is 8.19. The number of aliphatic imine (C=N–C) groups is 1. The normalized spacial score (nSPS) is 15.2. The lowest BCUT2D eigenvalue weighted by atomic mass is 10.2. The molecule has 1 heterocycles. The quantitative estimate of drug-likeness (QED) is 0.450. The van der Waals surface area contributed by atoms with Crippen LogP contribution in [0, 0.1) is 0 Å². The smallest absolute Gasteiger partial charge is 0.191 e.